The van der Waals surface area contributed by atoms with Gasteiger partial charge in [0.1, 0.15) is 4.21 Å². The average Bonchev–Trinajstić information content (AvgIpc) is 3.35. The average molecular weight is 463 g/mol. The van der Waals surface area contributed by atoms with E-state index in [1.807, 2.05) is 6.07 Å². The molecule has 1 amide bonds. The van der Waals surface area contributed by atoms with Crippen LogP contribution in [-0.2, 0) is 10.0 Å². The van der Waals surface area contributed by atoms with E-state index in [0.29, 0.717) is 16.8 Å². The van der Waals surface area contributed by atoms with E-state index >= 15 is 0 Å². The number of anilines is 2. The van der Waals surface area contributed by atoms with Gasteiger partial charge in [0, 0.05) is 28.1 Å². The molecule has 32 heavy (non-hydrogen) atoms. The van der Waals surface area contributed by atoms with Gasteiger partial charge in [-0.1, -0.05) is 54.6 Å². The normalized spacial score (nSPS) is 11.0. The fraction of sp³-hybridized carbons (Fsp3) is 0. The van der Waals surface area contributed by atoms with Crippen LogP contribution in [0.3, 0.4) is 0 Å². The van der Waals surface area contributed by atoms with E-state index < -0.39 is 15.9 Å². The van der Waals surface area contributed by atoms with Crippen LogP contribution in [-0.4, -0.2) is 20.1 Å². The SMILES string of the molecule is O=C(Nc1cccc(C(=O)c2ccccc2)c1)c1cccc(NS(=O)(=O)c2cccs2)c1. The van der Waals surface area contributed by atoms with Crippen LogP contribution in [0.1, 0.15) is 26.3 Å². The van der Waals surface area contributed by atoms with Gasteiger partial charge in [-0.05, 0) is 41.8 Å². The highest BCUT2D eigenvalue weighted by molar-refractivity contribution is 7.94. The van der Waals surface area contributed by atoms with Crippen molar-refractivity contribution in [3.8, 4) is 0 Å². The number of ketones is 1. The molecule has 4 rings (SSSR count). The van der Waals surface area contributed by atoms with Gasteiger partial charge >= 0.3 is 0 Å². The molecular formula is C24H18N2O4S2. The van der Waals surface area contributed by atoms with Crippen molar-refractivity contribution < 1.29 is 18.0 Å². The molecule has 0 unspecified atom stereocenters. The van der Waals surface area contributed by atoms with Crippen LogP contribution >= 0.6 is 11.3 Å². The number of nitrogens with one attached hydrogen (secondary N) is 2. The second-order valence-electron chi connectivity index (χ2n) is 6.85. The summed E-state index contributed by atoms with van der Waals surface area (Å²) < 4.78 is 27.5. The third-order valence-electron chi connectivity index (χ3n) is 4.56. The summed E-state index contributed by atoms with van der Waals surface area (Å²) in [4.78, 5) is 25.4. The number of hydrogen-bond acceptors (Lipinski definition) is 5. The summed E-state index contributed by atoms with van der Waals surface area (Å²) in [7, 11) is -3.71. The largest absolute Gasteiger partial charge is 0.322 e. The Morgan fingerprint density at radius 1 is 0.688 bits per heavy atom. The van der Waals surface area contributed by atoms with E-state index in [0.717, 1.165) is 11.3 Å². The Kier molecular flexibility index (Phi) is 6.16. The number of thiophene rings is 1. The molecule has 0 saturated carbocycles. The lowest BCUT2D eigenvalue weighted by Crippen LogP contribution is -2.14. The van der Waals surface area contributed by atoms with Crippen molar-refractivity contribution >= 4 is 44.4 Å². The number of sulfonamides is 1. The molecule has 1 aromatic heterocycles. The Labute approximate surface area is 189 Å². The minimum Gasteiger partial charge on any atom is -0.322 e. The Hall–Kier alpha value is -3.75. The summed E-state index contributed by atoms with van der Waals surface area (Å²) in [5.41, 5.74) is 2.02. The van der Waals surface area contributed by atoms with E-state index in [-0.39, 0.29) is 21.2 Å². The molecule has 0 bridgehead atoms. The zero-order chi connectivity index (χ0) is 22.6. The summed E-state index contributed by atoms with van der Waals surface area (Å²) in [6, 6.07) is 24.9. The lowest BCUT2D eigenvalue weighted by Gasteiger charge is -2.10. The second kappa shape index (κ2) is 9.17. The molecule has 4 aromatic rings. The predicted molar refractivity (Wildman–Crippen MR) is 126 cm³/mol. The molecule has 0 aliphatic carbocycles. The summed E-state index contributed by atoms with van der Waals surface area (Å²) in [6.45, 7) is 0. The minimum atomic E-state index is -3.71. The highest BCUT2D eigenvalue weighted by Gasteiger charge is 2.16. The van der Waals surface area contributed by atoms with Gasteiger partial charge in [-0.25, -0.2) is 8.42 Å². The van der Waals surface area contributed by atoms with Crippen LogP contribution in [0.2, 0.25) is 0 Å². The van der Waals surface area contributed by atoms with Gasteiger partial charge in [0.25, 0.3) is 15.9 Å². The monoisotopic (exact) mass is 462 g/mol. The van der Waals surface area contributed by atoms with Crippen LogP contribution in [0.4, 0.5) is 11.4 Å². The maximum Gasteiger partial charge on any atom is 0.271 e. The lowest BCUT2D eigenvalue weighted by atomic mass is 10.0. The zero-order valence-corrected chi connectivity index (χ0v) is 18.3. The minimum absolute atomic E-state index is 0.147. The number of rotatable bonds is 7. The Morgan fingerprint density at radius 2 is 1.34 bits per heavy atom. The van der Waals surface area contributed by atoms with Gasteiger partial charge < -0.3 is 5.32 Å². The standard InChI is InChI=1S/C24H18N2O4S2/c27-23(17-7-2-1-3-8-17)18-9-4-11-20(15-18)25-24(28)19-10-5-12-21(16-19)26-32(29,30)22-13-6-14-31-22/h1-16,26H,(H,25,28). The summed E-state index contributed by atoms with van der Waals surface area (Å²) in [5.74, 6) is -0.571. The molecule has 160 valence electrons. The first-order valence-electron chi connectivity index (χ1n) is 9.60. The van der Waals surface area contributed by atoms with Gasteiger partial charge in [-0.15, -0.1) is 11.3 Å². The second-order valence-corrected chi connectivity index (χ2v) is 9.71. The van der Waals surface area contributed by atoms with Crippen molar-refractivity contribution in [1.82, 2.24) is 0 Å². The van der Waals surface area contributed by atoms with Gasteiger partial charge in [-0.2, -0.15) is 0 Å². The zero-order valence-electron chi connectivity index (χ0n) is 16.7. The molecule has 0 fully saturated rings. The van der Waals surface area contributed by atoms with E-state index in [1.165, 1.54) is 12.1 Å². The third-order valence-corrected chi connectivity index (χ3v) is 7.33. The molecule has 0 atom stereocenters. The van der Waals surface area contributed by atoms with Gasteiger partial charge in [0.05, 0.1) is 0 Å². The Balaban J connectivity index is 1.50. The number of carbonyl (C=O) groups excluding carboxylic acids is 2. The quantitative estimate of drug-likeness (QED) is 0.377. The molecule has 0 radical (unpaired) electrons. The first-order valence-corrected chi connectivity index (χ1v) is 12.0. The Morgan fingerprint density at radius 3 is 2.06 bits per heavy atom. The summed E-state index contributed by atoms with van der Waals surface area (Å²) in [6.07, 6.45) is 0. The van der Waals surface area contributed by atoms with Crippen molar-refractivity contribution in [2.24, 2.45) is 0 Å². The van der Waals surface area contributed by atoms with Crippen molar-refractivity contribution in [3.05, 3.63) is 113 Å². The molecule has 0 spiro atoms. The molecule has 6 nitrogen and oxygen atoms in total. The predicted octanol–water partition coefficient (Wildman–Crippen LogP) is 5.03. The fourth-order valence-electron chi connectivity index (χ4n) is 3.04. The number of hydrogen-bond donors (Lipinski definition) is 2. The molecule has 2 N–H and O–H groups in total. The molecule has 8 heteroatoms. The number of carbonyl (C=O) groups is 2. The van der Waals surface area contributed by atoms with Crippen LogP contribution in [0.5, 0.6) is 0 Å². The lowest BCUT2D eigenvalue weighted by molar-refractivity contribution is 0.102. The van der Waals surface area contributed by atoms with Crippen LogP contribution in [0.25, 0.3) is 0 Å². The maximum atomic E-state index is 12.7. The summed E-state index contributed by atoms with van der Waals surface area (Å²) in [5, 5.41) is 4.43. The van der Waals surface area contributed by atoms with Crippen molar-refractivity contribution in [2.75, 3.05) is 10.0 Å². The van der Waals surface area contributed by atoms with Crippen LogP contribution in [0.15, 0.2) is 101 Å². The fourth-order valence-corrected chi connectivity index (χ4v) is 5.09. The maximum absolute atomic E-state index is 12.7. The van der Waals surface area contributed by atoms with E-state index in [4.69, 9.17) is 0 Å². The number of benzene rings is 3. The summed E-state index contributed by atoms with van der Waals surface area (Å²) >= 11 is 1.11. The van der Waals surface area contributed by atoms with E-state index in [1.54, 1.807) is 78.2 Å². The van der Waals surface area contributed by atoms with Gasteiger partial charge in [-0.3, -0.25) is 14.3 Å². The molecular weight excluding hydrogens is 444 g/mol. The van der Waals surface area contributed by atoms with Crippen LogP contribution < -0.4 is 10.0 Å². The smallest absolute Gasteiger partial charge is 0.271 e. The van der Waals surface area contributed by atoms with E-state index in [9.17, 15) is 18.0 Å². The molecule has 0 saturated heterocycles. The van der Waals surface area contributed by atoms with Crippen molar-refractivity contribution in [2.45, 2.75) is 4.21 Å². The molecule has 3 aromatic carbocycles. The number of amides is 1. The van der Waals surface area contributed by atoms with E-state index in [2.05, 4.69) is 10.0 Å². The topological polar surface area (TPSA) is 92.3 Å². The van der Waals surface area contributed by atoms with Gasteiger partial charge in [0.15, 0.2) is 5.78 Å². The van der Waals surface area contributed by atoms with Crippen molar-refractivity contribution in [3.63, 3.8) is 0 Å². The highest BCUT2D eigenvalue weighted by Crippen LogP contribution is 2.22. The van der Waals surface area contributed by atoms with Crippen LogP contribution in [0, 0.1) is 0 Å². The molecule has 0 aliphatic heterocycles. The van der Waals surface area contributed by atoms with Gasteiger partial charge in [0.2, 0.25) is 0 Å². The first-order chi connectivity index (χ1) is 15.4. The molecule has 0 aliphatic rings. The first kappa shape index (κ1) is 21.5. The molecule has 1 heterocycles. The Bertz CT molecular complexity index is 1370. The highest BCUT2D eigenvalue weighted by atomic mass is 32.2. The van der Waals surface area contributed by atoms with Crippen molar-refractivity contribution in [1.29, 1.82) is 0 Å². The third kappa shape index (κ3) is 4.93.